The third kappa shape index (κ3) is 3.06. The molecule has 0 aliphatic carbocycles. The zero-order valence-electron chi connectivity index (χ0n) is 12.5. The molecule has 1 aromatic rings. The number of carboxylic acids is 1. The fourth-order valence-corrected chi connectivity index (χ4v) is 3.08. The van der Waals surface area contributed by atoms with Crippen molar-refractivity contribution in [3.05, 3.63) is 12.7 Å². The number of hydrogen-bond acceptors (Lipinski definition) is 4. The lowest BCUT2D eigenvalue weighted by atomic mass is 9.76. The van der Waals surface area contributed by atoms with Crippen LogP contribution in [0.15, 0.2) is 12.7 Å². The lowest BCUT2D eigenvalue weighted by molar-refractivity contribution is -0.156. The number of likely N-dealkylation sites (tertiary alicyclic amines) is 1. The van der Waals surface area contributed by atoms with E-state index in [9.17, 15) is 14.7 Å². The molecule has 1 amide bonds. The van der Waals surface area contributed by atoms with E-state index in [1.165, 1.54) is 17.3 Å². The third-order valence-corrected chi connectivity index (χ3v) is 4.26. The Balaban J connectivity index is 2.13. The van der Waals surface area contributed by atoms with Crippen LogP contribution in [0.5, 0.6) is 0 Å². The molecular weight excluding hydrogens is 272 g/mol. The lowest BCUT2D eigenvalue weighted by Crippen LogP contribution is -2.51. The first-order chi connectivity index (χ1) is 10.00. The van der Waals surface area contributed by atoms with Gasteiger partial charge in [-0.15, -0.1) is 0 Å². The maximum Gasteiger partial charge on any atom is 0.311 e. The maximum absolute atomic E-state index is 12.6. The minimum absolute atomic E-state index is 0.0954. The minimum atomic E-state index is -0.801. The van der Waals surface area contributed by atoms with Gasteiger partial charge in [-0.3, -0.25) is 9.59 Å². The van der Waals surface area contributed by atoms with Crippen LogP contribution >= 0.6 is 0 Å². The number of rotatable bonds is 5. The Morgan fingerprint density at radius 2 is 2.24 bits per heavy atom. The Kier molecular flexibility index (Phi) is 4.59. The second kappa shape index (κ2) is 6.24. The monoisotopic (exact) mass is 294 g/mol. The molecule has 2 heterocycles. The van der Waals surface area contributed by atoms with Gasteiger partial charge in [0.1, 0.15) is 18.7 Å². The first-order valence-corrected chi connectivity index (χ1v) is 7.36. The number of aromatic nitrogens is 3. The molecule has 1 aromatic heterocycles. The smallest absolute Gasteiger partial charge is 0.311 e. The van der Waals surface area contributed by atoms with E-state index in [0.29, 0.717) is 19.4 Å². The van der Waals surface area contributed by atoms with E-state index in [1.54, 1.807) is 11.8 Å². The summed E-state index contributed by atoms with van der Waals surface area (Å²) >= 11 is 0. The minimum Gasteiger partial charge on any atom is -0.481 e. The van der Waals surface area contributed by atoms with Crippen molar-refractivity contribution in [2.24, 2.45) is 5.41 Å². The van der Waals surface area contributed by atoms with E-state index in [1.807, 2.05) is 6.92 Å². The number of carbonyl (C=O) groups excluding carboxylic acids is 1. The van der Waals surface area contributed by atoms with Gasteiger partial charge in [-0.05, 0) is 26.2 Å². The van der Waals surface area contributed by atoms with Crippen LogP contribution in [0.1, 0.15) is 45.6 Å². The van der Waals surface area contributed by atoms with Gasteiger partial charge in [-0.1, -0.05) is 13.3 Å². The maximum atomic E-state index is 12.6. The highest BCUT2D eigenvalue weighted by atomic mass is 16.4. The fraction of sp³-hybridized carbons (Fsp3) is 0.714. The Morgan fingerprint density at radius 3 is 2.81 bits per heavy atom. The molecule has 0 spiro atoms. The third-order valence-electron chi connectivity index (χ3n) is 4.26. The van der Waals surface area contributed by atoms with Gasteiger partial charge in [0.05, 0.1) is 5.41 Å². The molecule has 7 nitrogen and oxygen atoms in total. The van der Waals surface area contributed by atoms with Crippen molar-refractivity contribution >= 4 is 11.9 Å². The predicted octanol–water partition coefficient (Wildman–Crippen LogP) is 1.33. The number of carboxylic acid groups (broad SMARTS) is 1. The van der Waals surface area contributed by atoms with Gasteiger partial charge >= 0.3 is 5.97 Å². The van der Waals surface area contributed by atoms with Crippen molar-refractivity contribution in [3.8, 4) is 0 Å². The predicted molar refractivity (Wildman–Crippen MR) is 75.5 cm³/mol. The summed E-state index contributed by atoms with van der Waals surface area (Å²) in [6.45, 7) is 4.63. The molecule has 2 unspecified atom stereocenters. The van der Waals surface area contributed by atoms with Crippen molar-refractivity contribution in [2.45, 2.75) is 45.6 Å². The lowest BCUT2D eigenvalue weighted by Gasteiger charge is -2.40. The number of hydrogen-bond donors (Lipinski definition) is 1. The molecule has 2 rings (SSSR count). The topological polar surface area (TPSA) is 88.3 Å². The van der Waals surface area contributed by atoms with Gasteiger partial charge < -0.3 is 10.0 Å². The molecule has 7 heteroatoms. The van der Waals surface area contributed by atoms with E-state index in [-0.39, 0.29) is 12.5 Å². The Labute approximate surface area is 124 Å². The molecule has 1 aliphatic heterocycles. The Hall–Kier alpha value is -1.92. The fourth-order valence-electron chi connectivity index (χ4n) is 3.08. The zero-order valence-corrected chi connectivity index (χ0v) is 12.5. The van der Waals surface area contributed by atoms with E-state index in [2.05, 4.69) is 10.1 Å². The van der Waals surface area contributed by atoms with E-state index < -0.39 is 17.4 Å². The number of nitrogens with zero attached hydrogens (tertiary/aromatic N) is 4. The Bertz CT molecular complexity index is 498. The van der Waals surface area contributed by atoms with E-state index in [0.717, 1.165) is 12.8 Å². The molecule has 2 atom stereocenters. The molecule has 116 valence electrons. The molecule has 1 saturated heterocycles. The van der Waals surface area contributed by atoms with Crippen LogP contribution in [-0.4, -0.2) is 49.7 Å². The van der Waals surface area contributed by atoms with Crippen LogP contribution in [0.25, 0.3) is 0 Å². The summed E-state index contributed by atoms with van der Waals surface area (Å²) in [5.74, 6) is -0.891. The number of piperidine rings is 1. The molecule has 0 bridgehead atoms. The zero-order chi connectivity index (χ0) is 15.5. The molecule has 0 aromatic carbocycles. The summed E-state index contributed by atoms with van der Waals surface area (Å²) in [6.07, 6.45) is 5.65. The average molecular weight is 294 g/mol. The molecule has 1 aliphatic rings. The molecule has 21 heavy (non-hydrogen) atoms. The van der Waals surface area contributed by atoms with Crippen LogP contribution in [0.4, 0.5) is 0 Å². The van der Waals surface area contributed by atoms with Crippen molar-refractivity contribution in [3.63, 3.8) is 0 Å². The van der Waals surface area contributed by atoms with Crippen LogP contribution < -0.4 is 0 Å². The Morgan fingerprint density at radius 1 is 1.48 bits per heavy atom. The van der Waals surface area contributed by atoms with Crippen LogP contribution in [-0.2, 0) is 9.59 Å². The van der Waals surface area contributed by atoms with Crippen LogP contribution in [0.3, 0.4) is 0 Å². The van der Waals surface area contributed by atoms with Crippen LogP contribution in [0, 0.1) is 5.41 Å². The normalized spacial score (nSPS) is 23.8. The number of aliphatic carboxylic acids is 1. The summed E-state index contributed by atoms with van der Waals surface area (Å²) in [7, 11) is 0. The average Bonchev–Trinajstić information content (AvgIpc) is 3.00. The molecule has 1 fully saturated rings. The first kappa shape index (κ1) is 15.5. The molecular formula is C14H22N4O3. The van der Waals surface area contributed by atoms with E-state index >= 15 is 0 Å². The SMILES string of the molecule is CCCC1(C(=O)O)CCCN(C(=O)C(C)n2cncn2)C1. The second-order valence-electron chi connectivity index (χ2n) is 5.75. The largest absolute Gasteiger partial charge is 0.481 e. The van der Waals surface area contributed by atoms with Gasteiger partial charge in [0.25, 0.3) is 0 Å². The second-order valence-corrected chi connectivity index (χ2v) is 5.75. The first-order valence-electron chi connectivity index (χ1n) is 7.36. The number of carbonyl (C=O) groups is 2. The highest BCUT2D eigenvalue weighted by molar-refractivity contribution is 5.82. The summed E-state index contributed by atoms with van der Waals surface area (Å²) in [4.78, 5) is 29.7. The molecule has 1 N–H and O–H groups in total. The number of amides is 1. The summed E-state index contributed by atoms with van der Waals surface area (Å²) in [5.41, 5.74) is -0.801. The van der Waals surface area contributed by atoms with Gasteiger partial charge in [0.2, 0.25) is 5.91 Å². The van der Waals surface area contributed by atoms with Crippen molar-refractivity contribution in [1.82, 2.24) is 19.7 Å². The van der Waals surface area contributed by atoms with Crippen LogP contribution in [0.2, 0.25) is 0 Å². The van der Waals surface area contributed by atoms with Crippen molar-refractivity contribution in [1.29, 1.82) is 0 Å². The molecule has 0 radical (unpaired) electrons. The summed E-state index contributed by atoms with van der Waals surface area (Å²) in [5, 5.41) is 13.6. The van der Waals surface area contributed by atoms with E-state index in [4.69, 9.17) is 0 Å². The van der Waals surface area contributed by atoms with Gasteiger partial charge in [-0.25, -0.2) is 9.67 Å². The highest BCUT2D eigenvalue weighted by Crippen LogP contribution is 2.35. The van der Waals surface area contributed by atoms with Gasteiger partial charge in [-0.2, -0.15) is 5.10 Å². The highest BCUT2D eigenvalue weighted by Gasteiger charge is 2.43. The summed E-state index contributed by atoms with van der Waals surface area (Å²) in [6, 6.07) is -0.460. The quantitative estimate of drug-likeness (QED) is 0.885. The standard InChI is InChI=1S/C14H22N4O3/c1-3-5-14(13(20)21)6-4-7-17(8-14)12(19)11(2)18-10-15-9-16-18/h9-11H,3-8H2,1-2H3,(H,20,21). The van der Waals surface area contributed by atoms with Crippen molar-refractivity contribution < 1.29 is 14.7 Å². The van der Waals surface area contributed by atoms with Crippen molar-refractivity contribution in [2.75, 3.05) is 13.1 Å². The van der Waals surface area contributed by atoms with Gasteiger partial charge in [0, 0.05) is 13.1 Å². The van der Waals surface area contributed by atoms with Gasteiger partial charge in [0.15, 0.2) is 0 Å². The summed E-state index contributed by atoms with van der Waals surface area (Å²) < 4.78 is 1.50. The molecule has 0 saturated carbocycles.